The first-order valence-corrected chi connectivity index (χ1v) is 14.5. The molecular weight excluding hydrogens is 516 g/mol. The maximum atomic E-state index is 11.9. The lowest BCUT2D eigenvalue weighted by molar-refractivity contribution is 0.00706. The van der Waals surface area contributed by atoms with E-state index < -0.39 is 15.8 Å². The fraction of sp³-hybridized carbons (Fsp3) is 0.308. The average Bonchev–Trinajstić information content (AvgIpc) is 3.55. The monoisotopic (exact) mass is 540 g/mol. The number of aromatic nitrogens is 3. The van der Waals surface area contributed by atoms with Crippen LogP contribution in [0.4, 0.5) is 5.69 Å². The third-order valence-corrected chi connectivity index (χ3v) is 7.27. The van der Waals surface area contributed by atoms with Crippen LogP contribution >= 0.6 is 11.6 Å². The highest BCUT2D eigenvalue weighted by Gasteiger charge is 2.48. The van der Waals surface area contributed by atoms with Crippen molar-refractivity contribution in [3.05, 3.63) is 59.6 Å². The van der Waals surface area contributed by atoms with E-state index in [1.165, 1.54) is 0 Å². The fourth-order valence-electron chi connectivity index (χ4n) is 4.63. The molecule has 2 aromatic heterocycles. The Labute approximate surface area is 219 Å². The average molecular weight is 541 g/mol. The van der Waals surface area contributed by atoms with E-state index in [9.17, 15) is 9.32 Å². The van der Waals surface area contributed by atoms with E-state index in [0.717, 1.165) is 16.7 Å². The first kappa shape index (κ1) is 24.3. The lowest BCUT2D eigenvalue weighted by atomic mass is 10.0. The van der Waals surface area contributed by atoms with Gasteiger partial charge in [-0.15, -0.1) is 0 Å². The molecule has 0 saturated carbocycles. The van der Waals surface area contributed by atoms with Crippen LogP contribution in [0.2, 0.25) is 5.02 Å². The Morgan fingerprint density at radius 2 is 1.65 bits per heavy atom. The number of hydrogen-bond donors (Lipinski definition) is 2. The van der Waals surface area contributed by atoms with Gasteiger partial charge < -0.3 is 24.3 Å². The zero-order chi connectivity index (χ0) is 25.7. The number of ether oxygens (including phenoxy) is 3. The van der Waals surface area contributed by atoms with Gasteiger partial charge >= 0.3 is 0 Å². The smallest absolute Gasteiger partial charge is 0.296 e. The lowest BCUT2D eigenvalue weighted by Gasteiger charge is -2.15. The molecule has 2 saturated heterocycles. The summed E-state index contributed by atoms with van der Waals surface area (Å²) in [5, 5.41) is 10.4. The minimum Gasteiger partial charge on any atom is -0.456 e. The van der Waals surface area contributed by atoms with Crippen LogP contribution in [0.25, 0.3) is 33.5 Å². The summed E-state index contributed by atoms with van der Waals surface area (Å²) in [6, 6.07) is 17.6. The van der Waals surface area contributed by atoms with Gasteiger partial charge in [-0.3, -0.25) is 0 Å². The molecule has 4 heterocycles. The molecule has 0 spiro atoms. The quantitative estimate of drug-likeness (QED) is 0.389. The number of pyridine rings is 1. The number of nitrogens with one attached hydrogen (secondary N) is 1. The highest BCUT2D eigenvalue weighted by Crippen LogP contribution is 2.33. The van der Waals surface area contributed by atoms with Crippen molar-refractivity contribution in [1.29, 1.82) is 0 Å². The molecule has 0 amide bonds. The molecule has 4 atom stereocenters. The fourth-order valence-corrected chi connectivity index (χ4v) is 5.52. The molecule has 2 N–H and O–H groups in total. The van der Waals surface area contributed by atoms with Gasteiger partial charge in [0.05, 0.1) is 35.1 Å². The third-order valence-electron chi connectivity index (χ3n) is 6.33. The number of aliphatic hydroxyl groups is 1. The Balaban J connectivity index is 1.22. The summed E-state index contributed by atoms with van der Waals surface area (Å²) in [5.41, 5.74) is 5.32. The Hall–Kier alpha value is -3.02. The number of hydrogen-bond acceptors (Lipinski definition) is 8. The number of nitrogens with zero attached hydrogens (tertiary/aromatic N) is 3. The summed E-state index contributed by atoms with van der Waals surface area (Å²) in [5.74, 6) is 0. The number of rotatable bonds is 5. The van der Waals surface area contributed by atoms with Gasteiger partial charge in [-0.25, -0.2) is 9.19 Å². The molecule has 0 unspecified atom stereocenters. The van der Waals surface area contributed by atoms with E-state index in [0.29, 0.717) is 40.2 Å². The van der Waals surface area contributed by atoms with Crippen molar-refractivity contribution in [2.24, 2.45) is 4.36 Å². The van der Waals surface area contributed by atoms with E-state index in [4.69, 9.17) is 25.8 Å². The largest absolute Gasteiger partial charge is 0.456 e. The van der Waals surface area contributed by atoms with Gasteiger partial charge in [0.15, 0.2) is 11.8 Å². The molecule has 2 fully saturated rings. The van der Waals surface area contributed by atoms with Crippen LogP contribution in [0.5, 0.6) is 6.01 Å². The second kappa shape index (κ2) is 9.38. The zero-order valence-corrected chi connectivity index (χ0v) is 21.7. The van der Waals surface area contributed by atoms with E-state index in [1.807, 2.05) is 48.5 Å². The van der Waals surface area contributed by atoms with Gasteiger partial charge in [-0.2, -0.15) is 9.35 Å². The number of fused-ring (bicyclic) bond motifs is 2. The summed E-state index contributed by atoms with van der Waals surface area (Å²) in [7, 11) is -2.20. The minimum absolute atomic E-state index is 0.233. The number of benzene rings is 2. The second-order valence-corrected chi connectivity index (χ2v) is 12.4. The van der Waals surface area contributed by atoms with Crippen LogP contribution in [0.15, 0.2) is 59.0 Å². The molecule has 2 aliphatic rings. The summed E-state index contributed by atoms with van der Waals surface area (Å²) in [6.07, 6.45) is 1.50. The topological polar surface area (TPSA) is 119 Å². The van der Waals surface area contributed by atoms with Gasteiger partial charge in [0.25, 0.3) is 6.01 Å². The molecule has 2 aliphatic heterocycles. The van der Waals surface area contributed by atoms with Gasteiger partial charge in [-0.1, -0.05) is 48.0 Å². The predicted octanol–water partition coefficient (Wildman–Crippen LogP) is 4.21. The van der Waals surface area contributed by atoms with Crippen molar-refractivity contribution >= 4 is 38.2 Å². The maximum Gasteiger partial charge on any atom is 0.296 e. The molecular formula is C26H25ClN4O5S. The van der Waals surface area contributed by atoms with Gasteiger partial charge in [0.2, 0.25) is 0 Å². The van der Waals surface area contributed by atoms with Crippen molar-refractivity contribution in [3.8, 4) is 28.4 Å². The molecule has 0 radical (unpaired) electrons. The number of halogens is 1. The summed E-state index contributed by atoms with van der Waals surface area (Å²) >= 11 is 6.58. The van der Waals surface area contributed by atoms with Crippen LogP contribution in [0, 0.1) is 0 Å². The van der Waals surface area contributed by atoms with E-state index in [-0.39, 0.29) is 24.9 Å². The van der Waals surface area contributed by atoms with Crippen LogP contribution in [0.3, 0.4) is 0 Å². The number of imidazole rings is 1. The summed E-state index contributed by atoms with van der Waals surface area (Å²) in [4.78, 5) is 12.3. The van der Waals surface area contributed by atoms with Gasteiger partial charge in [-0.05, 0) is 29.3 Å². The molecule has 2 aromatic carbocycles. The highest BCUT2D eigenvalue weighted by molar-refractivity contribution is 7.92. The molecule has 11 heteroatoms. The van der Waals surface area contributed by atoms with Gasteiger partial charge in [0, 0.05) is 27.8 Å². The van der Waals surface area contributed by atoms with E-state index in [1.54, 1.807) is 18.6 Å². The van der Waals surface area contributed by atoms with E-state index in [2.05, 4.69) is 19.3 Å². The van der Waals surface area contributed by atoms with Gasteiger partial charge in [0.1, 0.15) is 18.3 Å². The molecule has 9 nitrogen and oxygen atoms in total. The molecule has 192 valence electrons. The molecule has 4 aromatic rings. The van der Waals surface area contributed by atoms with Crippen LogP contribution in [0.1, 0.15) is 0 Å². The number of aromatic amines is 1. The Morgan fingerprint density at radius 3 is 2.35 bits per heavy atom. The van der Waals surface area contributed by atoms with Crippen molar-refractivity contribution in [3.63, 3.8) is 0 Å². The highest BCUT2D eigenvalue weighted by atomic mass is 35.5. The van der Waals surface area contributed by atoms with Crippen LogP contribution in [-0.4, -0.2) is 74.4 Å². The van der Waals surface area contributed by atoms with Crippen molar-refractivity contribution in [1.82, 2.24) is 15.0 Å². The maximum absolute atomic E-state index is 11.9. The van der Waals surface area contributed by atoms with Crippen LogP contribution in [-0.2, 0) is 19.2 Å². The Kier molecular flexibility index (Phi) is 6.16. The predicted molar refractivity (Wildman–Crippen MR) is 142 cm³/mol. The molecule has 37 heavy (non-hydrogen) atoms. The van der Waals surface area contributed by atoms with Crippen LogP contribution < -0.4 is 4.74 Å². The first-order chi connectivity index (χ1) is 17.7. The normalized spacial score (nSPS) is 23.4. The second-order valence-electron chi connectivity index (χ2n) is 9.45. The molecule has 6 rings (SSSR count). The van der Waals surface area contributed by atoms with E-state index >= 15 is 0 Å². The van der Waals surface area contributed by atoms with Crippen molar-refractivity contribution < 1.29 is 23.5 Å². The summed E-state index contributed by atoms with van der Waals surface area (Å²) in [6.45, 7) is 0.542. The molecule has 0 bridgehead atoms. The zero-order valence-electron chi connectivity index (χ0n) is 20.1. The van der Waals surface area contributed by atoms with Crippen molar-refractivity contribution in [2.75, 3.05) is 25.7 Å². The summed E-state index contributed by atoms with van der Waals surface area (Å²) < 4.78 is 33.3. The minimum atomic E-state index is -2.20. The Morgan fingerprint density at radius 1 is 1.00 bits per heavy atom. The first-order valence-electron chi connectivity index (χ1n) is 11.8. The van der Waals surface area contributed by atoms with Crippen molar-refractivity contribution in [2.45, 2.75) is 24.4 Å². The third kappa shape index (κ3) is 4.95. The molecule has 0 aliphatic carbocycles. The standard InChI is InChI=1S/C26H25ClN4O5S/c1-37(2,33)31-17-9-7-15(8-10-17)14-3-5-16(6-4-14)22-18(27)11-19-25(29-22)30-26(28-19)36-21-13-35-23-20(32)12-34-24(21)23/h3-11,20-21,23-24,32H,12-13H2,1-2H3,(H,28,29,30)/t20-,21-,23-,24-/m1/s1. The lowest BCUT2D eigenvalue weighted by Crippen LogP contribution is -2.34. The number of H-pyrrole nitrogens is 1. The number of aliphatic hydroxyl groups excluding tert-OH is 1. The SMILES string of the molecule is CS(C)(=O)=Nc1ccc(-c2ccc(-c3nc4nc(O[C@@H]5CO[C@H]6[C@@H]5OC[C@H]6O)[nH]c4cc3Cl)cc2)cc1. The Bertz CT molecular complexity index is 1570.